The minimum absolute atomic E-state index is 0.157. The van der Waals surface area contributed by atoms with Crippen molar-refractivity contribution in [2.45, 2.75) is 31.6 Å². The molecule has 1 aromatic heterocycles. The first-order valence-corrected chi connectivity index (χ1v) is 10.2. The van der Waals surface area contributed by atoms with Crippen LogP contribution in [-0.4, -0.2) is 58.8 Å². The molecule has 0 spiro atoms. The van der Waals surface area contributed by atoms with Gasteiger partial charge in [0.1, 0.15) is 5.82 Å². The summed E-state index contributed by atoms with van der Waals surface area (Å²) in [7, 11) is 0. The molecule has 2 aromatic rings. The van der Waals surface area contributed by atoms with Gasteiger partial charge in [0.2, 0.25) is 11.8 Å². The third-order valence-corrected chi connectivity index (χ3v) is 5.77. The summed E-state index contributed by atoms with van der Waals surface area (Å²) in [5.41, 5.74) is 0.126. The Kier molecular flexibility index (Phi) is 5.95. The number of amides is 2. The van der Waals surface area contributed by atoms with E-state index in [1.807, 2.05) is 40.1 Å². The van der Waals surface area contributed by atoms with E-state index in [1.54, 1.807) is 0 Å². The van der Waals surface area contributed by atoms with E-state index in [9.17, 15) is 22.8 Å². The van der Waals surface area contributed by atoms with E-state index in [1.165, 1.54) is 11.0 Å². The Morgan fingerprint density at radius 2 is 1.74 bits per heavy atom. The molecule has 2 amide bonds. The molecule has 0 radical (unpaired) electrons. The van der Waals surface area contributed by atoms with Crippen molar-refractivity contribution in [3.63, 3.8) is 0 Å². The van der Waals surface area contributed by atoms with Gasteiger partial charge in [0, 0.05) is 32.4 Å². The minimum Gasteiger partial charge on any atom is -0.355 e. The first-order valence-electron chi connectivity index (χ1n) is 10.2. The van der Waals surface area contributed by atoms with Crippen molar-refractivity contribution in [2.75, 3.05) is 31.1 Å². The number of nitrogens with zero attached hydrogens (tertiary/aromatic N) is 4. The third-order valence-electron chi connectivity index (χ3n) is 5.77. The van der Waals surface area contributed by atoms with Crippen molar-refractivity contribution in [3.05, 3.63) is 59.8 Å². The van der Waals surface area contributed by atoms with E-state index in [0.717, 1.165) is 24.2 Å². The number of hydrogen-bond donors (Lipinski definition) is 0. The second-order valence-corrected chi connectivity index (χ2v) is 7.80. The van der Waals surface area contributed by atoms with Gasteiger partial charge in [-0.15, -0.1) is 0 Å². The minimum atomic E-state index is -4.41. The maximum atomic E-state index is 12.9. The number of pyridine rings is 1. The highest BCUT2D eigenvalue weighted by Gasteiger charge is 2.42. The van der Waals surface area contributed by atoms with Gasteiger partial charge in [-0.25, -0.2) is 4.98 Å². The van der Waals surface area contributed by atoms with Gasteiger partial charge in [-0.2, -0.15) is 13.2 Å². The summed E-state index contributed by atoms with van der Waals surface area (Å²) in [4.78, 5) is 34.7. The lowest BCUT2D eigenvalue weighted by atomic mass is 10.2. The molecule has 4 rings (SSSR count). The van der Waals surface area contributed by atoms with Crippen molar-refractivity contribution in [3.8, 4) is 0 Å². The number of alkyl halides is 3. The van der Waals surface area contributed by atoms with E-state index < -0.39 is 17.8 Å². The Balaban J connectivity index is 1.39. The summed E-state index contributed by atoms with van der Waals surface area (Å²) in [5, 5.41) is 0. The summed E-state index contributed by atoms with van der Waals surface area (Å²) in [6.45, 7) is 2.59. The van der Waals surface area contributed by atoms with Crippen molar-refractivity contribution in [1.29, 1.82) is 0 Å². The van der Waals surface area contributed by atoms with Gasteiger partial charge in [-0.1, -0.05) is 30.3 Å². The monoisotopic (exact) mass is 432 g/mol. The van der Waals surface area contributed by atoms with Crippen molar-refractivity contribution in [2.24, 2.45) is 0 Å². The molecular weight excluding hydrogens is 409 g/mol. The van der Waals surface area contributed by atoms with Gasteiger partial charge >= 0.3 is 6.18 Å². The van der Waals surface area contributed by atoms with Crippen LogP contribution in [0.4, 0.5) is 19.0 Å². The number of benzene rings is 1. The molecule has 2 aliphatic rings. The number of carbonyl (C=O) groups excluding carboxylic acids is 2. The number of imide groups is 1. The molecule has 0 N–H and O–H groups in total. The fourth-order valence-corrected chi connectivity index (χ4v) is 4.10. The molecule has 3 heterocycles. The van der Waals surface area contributed by atoms with Crippen LogP contribution in [0.15, 0.2) is 48.7 Å². The number of anilines is 1. The van der Waals surface area contributed by atoms with Crippen LogP contribution in [0.25, 0.3) is 0 Å². The van der Waals surface area contributed by atoms with Crippen LogP contribution in [0.3, 0.4) is 0 Å². The van der Waals surface area contributed by atoms with Crippen molar-refractivity contribution in [1.82, 2.24) is 14.8 Å². The summed E-state index contributed by atoms with van der Waals surface area (Å²) < 4.78 is 38.3. The number of likely N-dealkylation sites (tertiary alicyclic amines) is 1. The maximum absolute atomic E-state index is 12.9. The predicted octanol–water partition coefficient (Wildman–Crippen LogP) is 2.94. The van der Waals surface area contributed by atoms with E-state index in [2.05, 4.69) is 4.98 Å². The Labute approximate surface area is 178 Å². The number of carbonyl (C=O) groups is 2. The molecule has 1 aromatic carbocycles. The number of aromatic nitrogens is 1. The maximum Gasteiger partial charge on any atom is 0.417 e. The van der Waals surface area contributed by atoms with Crippen LogP contribution in [0.1, 0.15) is 24.0 Å². The average Bonchev–Trinajstić information content (AvgIpc) is 2.92. The van der Waals surface area contributed by atoms with Gasteiger partial charge < -0.3 is 4.90 Å². The summed E-state index contributed by atoms with van der Waals surface area (Å²) in [6, 6.07) is 11.3. The van der Waals surface area contributed by atoms with Gasteiger partial charge in [0.05, 0.1) is 24.6 Å². The number of rotatable bonds is 4. The highest BCUT2D eigenvalue weighted by molar-refractivity contribution is 6.05. The first kappa shape index (κ1) is 21.3. The predicted molar refractivity (Wildman–Crippen MR) is 108 cm³/mol. The molecule has 0 aliphatic carbocycles. The summed E-state index contributed by atoms with van der Waals surface area (Å²) in [5.74, 6) is 0.119. The van der Waals surface area contributed by atoms with Crippen LogP contribution in [0.5, 0.6) is 0 Å². The summed E-state index contributed by atoms with van der Waals surface area (Å²) >= 11 is 0. The lowest BCUT2D eigenvalue weighted by molar-refractivity contribution is -0.140. The van der Waals surface area contributed by atoms with Gasteiger partial charge in [-0.05, 0) is 24.1 Å². The Hall–Kier alpha value is -2.94. The zero-order chi connectivity index (χ0) is 22.0. The topological polar surface area (TPSA) is 56.8 Å². The second-order valence-electron chi connectivity index (χ2n) is 7.80. The molecule has 2 saturated heterocycles. The molecule has 0 bridgehead atoms. The fourth-order valence-electron chi connectivity index (χ4n) is 4.10. The first-order chi connectivity index (χ1) is 14.8. The molecule has 164 valence electrons. The largest absolute Gasteiger partial charge is 0.417 e. The van der Waals surface area contributed by atoms with E-state index in [0.29, 0.717) is 32.0 Å². The average molecular weight is 432 g/mol. The Morgan fingerprint density at radius 3 is 2.42 bits per heavy atom. The third kappa shape index (κ3) is 4.71. The molecule has 2 aliphatic heterocycles. The number of hydrogen-bond acceptors (Lipinski definition) is 5. The Morgan fingerprint density at radius 1 is 0.968 bits per heavy atom. The van der Waals surface area contributed by atoms with Gasteiger partial charge in [0.25, 0.3) is 0 Å². The molecule has 0 unspecified atom stereocenters. The number of halogens is 3. The normalized spacial score (nSPS) is 20.9. The fraction of sp³-hybridized carbons (Fsp3) is 0.409. The zero-order valence-electron chi connectivity index (χ0n) is 16.9. The van der Waals surface area contributed by atoms with Crippen molar-refractivity contribution >= 4 is 17.6 Å². The molecule has 2 fully saturated rings. The van der Waals surface area contributed by atoms with Crippen LogP contribution in [-0.2, 0) is 22.3 Å². The SMILES string of the molecule is O=C1C[C@@H](N2CCCN(c3ccc(C(F)(F)F)cn3)CC2)C(=O)N1Cc1ccccc1. The van der Waals surface area contributed by atoms with Gasteiger partial charge in [-0.3, -0.25) is 19.4 Å². The molecule has 31 heavy (non-hydrogen) atoms. The standard InChI is InChI=1S/C22H23F3N4O2/c23-22(24,25)17-7-8-19(26-14-17)28-10-4-9-27(11-12-28)18-13-20(30)29(21(18)31)15-16-5-2-1-3-6-16/h1-3,5-8,14,18H,4,9-13,15H2/t18-/m1/s1. The van der Waals surface area contributed by atoms with Crippen LogP contribution in [0, 0.1) is 0 Å². The molecule has 6 nitrogen and oxygen atoms in total. The Bertz CT molecular complexity index is 934. The molecule has 9 heteroatoms. The highest BCUT2D eigenvalue weighted by atomic mass is 19.4. The lowest BCUT2D eigenvalue weighted by Crippen LogP contribution is -2.43. The lowest BCUT2D eigenvalue weighted by Gasteiger charge is -2.26. The van der Waals surface area contributed by atoms with E-state index in [-0.39, 0.29) is 24.8 Å². The van der Waals surface area contributed by atoms with Crippen LogP contribution in [0.2, 0.25) is 0 Å². The molecule has 0 saturated carbocycles. The van der Waals surface area contributed by atoms with E-state index >= 15 is 0 Å². The second kappa shape index (κ2) is 8.66. The smallest absolute Gasteiger partial charge is 0.355 e. The molecule has 1 atom stereocenters. The summed E-state index contributed by atoms with van der Waals surface area (Å²) in [6.07, 6.45) is -2.69. The molecular formula is C22H23F3N4O2. The van der Waals surface area contributed by atoms with Gasteiger partial charge in [0.15, 0.2) is 0 Å². The van der Waals surface area contributed by atoms with Crippen LogP contribution < -0.4 is 4.90 Å². The van der Waals surface area contributed by atoms with E-state index in [4.69, 9.17) is 0 Å². The highest BCUT2D eigenvalue weighted by Crippen LogP contribution is 2.30. The quantitative estimate of drug-likeness (QED) is 0.696. The van der Waals surface area contributed by atoms with Crippen LogP contribution >= 0.6 is 0 Å². The van der Waals surface area contributed by atoms with Crippen molar-refractivity contribution < 1.29 is 22.8 Å². The zero-order valence-corrected chi connectivity index (χ0v) is 16.9.